The quantitative estimate of drug-likeness (QED) is 0.785. The smallest absolute Gasteiger partial charge is 0.329 e. The van der Waals surface area contributed by atoms with Gasteiger partial charge in [-0.2, -0.15) is 8.42 Å². The topological polar surface area (TPSA) is 102 Å². The van der Waals surface area contributed by atoms with Gasteiger partial charge in [-0.3, -0.25) is 4.40 Å². The van der Waals surface area contributed by atoms with E-state index in [4.69, 9.17) is 16.0 Å². The molecular weight excluding hydrogens is 306 g/mol. The lowest BCUT2D eigenvalue weighted by molar-refractivity contribution is 0.534. The number of anilines is 1. The Kier molecular flexibility index (Phi) is 2.87. The van der Waals surface area contributed by atoms with E-state index >= 15 is 0 Å². The van der Waals surface area contributed by atoms with Crippen molar-refractivity contribution in [3.05, 3.63) is 35.4 Å². The van der Waals surface area contributed by atoms with E-state index in [1.54, 1.807) is 31.3 Å². The van der Waals surface area contributed by atoms with Gasteiger partial charge in [0, 0.05) is 13.1 Å². The van der Waals surface area contributed by atoms with Gasteiger partial charge in [-0.1, -0.05) is 22.8 Å². The number of imidazole rings is 1. The second kappa shape index (κ2) is 4.46. The van der Waals surface area contributed by atoms with Gasteiger partial charge in [-0.05, 0) is 12.1 Å². The van der Waals surface area contributed by atoms with Crippen LogP contribution in [-0.2, 0) is 10.0 Å². The zero-order chi connectivity index (χ0) is 14.3. The predicted octanol–water partition coefficient (Wildman–Crippen LogP) is 1.48. The second-order valence-corrected chi connectivity index (χ2v) is 5.82. The Labute approximate surface area is 118 Å². The van der Waals surface area contributed by atoms with Gasteiger partial charge in [0.2, 0.25) is 5.89 Å². The number of nitrogens with one attached hydrogen (secondary N) is 1. The molecule has 0 aliphatic rings. The number of nitrogens with zero attached hydrogens (tertiary/aromatic N) is 4. The van der Waals surface area contributed by atoms with Crippen molar-refractivity contribution in [3.8, 4) is 0 Å². The Balaban J connectivity index is 2.11. The van der Waals surface area contributed by atoms with Gasteiger partial charge < -0.3 is 4.42 Å². The van der Waals surface area contributed by atoms with Crippen LogP contribution >= 0.6 is 11.6 Å². The average molecular weight is 314 g/mol. The van der Waals surface area contributed by atoms with Crippen LogP contribution in [0.3, 0.4) is 0 Å². The molecule has 0 radical (unpaired) electrons. The number of pyridine rings is 1. The van der Waals surface area contributed by atoms with Crippen LogP contribution in [0.2, 0.25) is 5.15 Å². The van der Waals surface area contributed by atoms with Gasteiger partial charge >= 0.3 is 6.01 Å². The Morgan fingerprint density at radius 1 is 1.35 bits per heavy atom. The summed E-state index contributed by atoms with van der Waals surface area (Å²) < 4.78 is 33.1. The maximum Gasteiger partial charge on any atom is 0.329 e. The molecule has 0 aliphatic heterocycles. The summed E-state index contributed by atoms with van der Waals surface area (Å²) in [6, 6.07) is 4.80. The van der Waals surface area contributed by atoms with Gasteiger partial charge in [-0.15, -0.1) is 5.10 Å². The molecule has 0 bridgehead atoms. The first-order valence-corrected chi connectivity index (χ1v) is 7.29. The molecule has 0 spiro atoms. The molecule has 3 rings (SSSR count). The number of rotatable bonds is 3. The fourth-order valence-corrected chi connectivity index (χ4v) is 3.26. The number of fused-ring (bicyclic) bond motifs is 1. The standard InChI is InChI=1S/C10H8ClN5O3S/c1-6-13-14-10(19-6)15-20(17,18)9-8(11)12-7-4-2-3-5-16(7)9/h2-5H,1H3,(H,14,15). The highest BCUT2D eigenvalue weighted by atomic mass is 35.5. The van der Waals surface area contributed by atoms with E-state index in [1.807, 2.05) is 0 Å². The zero-order valence-corrected chi connectivity index (χ0v) is 11.7. The monoisotopic (exact) mass is 313 g/mol. The third-order valence-electron chi connectivity index (χ3n) is 2.45. The van der Waals surface area contributed by atoms with Crippen molar-refractivity contribution in [2.24, 2.45) is 0 Å². The maximum absolute atomic E-state index is 12.3. The molecule has 0 saturated heterocycles. The number of hydrogen-bond donors (Lipinski definition) is 1. The average Bonchev–Trinajstić information content (AvgIpc) is 2.91. The highest BCUT2D eigenvalue weighted by Gasteiger charge is 2.26. The number of halogens is 1. The lowest BCUT2D eigenvalue weighted by Gasteiger charge is -2.04. The first-order valence-electron chi connectivity index (χ1n) is 5.43. The molecule has 0 unspecified atom stereocenters. The maximum atomic E-state index is 12.3. The van der Waals surface area contributed by atoms with Gasteiger partial charge in [0.1, 0.15) is 5.65 Å². The summed E-state index contributed by atoms with van der Waals surface area (Å²) in [6.45, 7) is 1.55. The van der Waals surface area contributed by atoms with Crippen molar-refractivity contribution in [1.29, 1.82) is 0 Å². The SMILES string of the molecule is Cc1nnc(NS(=O)(=O)c2c(Cl)nc3ccccn23)o1. The Morgan fingerprint density at radius 3 is 2.85 bits per heavy atom. The first kappa shape index (κ1) is 12.9. The van der Waals surface area contributed by atoms with Crippen LogP contribution in [0.4, 0.5) is 6.01 Å². The molecule has 0 atom stereocenters. The minimum absolute atomic E-state index is 0.139. The number of aryl methyl sites for hydroxylation is 1. The van der Waals surface area contributed by atoms with Crippen LogP contribution in [-0.4, -0.2) is 28.0 Å². The molecule has 0 saturated carbocycles. The minimum atomic E-state index is -3.99. The fraction of sp³-hybridized carbons (Fsp3) is 0.100. The summed E-state index contributed by atoms with van der Waals surface area (Å²) >= 11 is 5.91. The molecule has 1 N–H and O–H groups in total. The van der Waals surface area contributed by atoms with E-state index in [0.29, 0.717) is 5.65 Å². The molecule has 3 aromatic rings. The zero-order valence-electron chi connectivity index (χ0n) is 10.1. The Hall–Kier alpha value is -2.13. The van der Waals surface area contributed by atoms with Gasteiger partial charge in [0.15, 0.2) is 10.2 Å². The van der Waals surface area contributed by atoms with E-state index in [0.717, 1.165) is 0 Å². The molecule has 0 fully saturated rings. The van der Waals surface area contributed by atoms with Crippen LogP contribution in [0.15, 0.2) is 33.8 Å². The van der Waals surface area contributed by atoms with Gasteiger partial charge in [0.25, 0.3) is 10.0 Å². The molecule has 20 heavy (non-hydrogen) atoms. The van der Waals surface area contributed by atoms with E-state index in [1.165, 1.54) is 4.40 Å². The summed E-state index contributed by atoms with van der Waals surface area (Å²) in [6.07, 6.45) is 1.54. The number of aromatic nitrogens is 4. The van der Waals surface area contributed by atoms with Crippen molar-refractivity contribution < 1.29 is 12.8 Å². The van der Waals surface area contributed by atoms with Crippen LogP contribution in [0, 0.1) is 6.92 Å². The van der Waals surface area contributed by atoms with E-state index in [-0.39, 0.29) is 22.1 Å². The number of sulfonamides is 1. The summed E-state index contributed by atoms with van der Waals surface area (Å²) in [4.78, 5) is 3.97. The summed E-state index contributed by atoms with van der Waals surface area (Å²) in [5, 5.41) is 6.78. The largest absolute Gasteiger partial charge is 0.408 e. The molecule has 0 aliphatic carbocycles. The molecule has 3 heterocycles. The fourth-order valence-electron chi connectivity index (χ4n) is 1.69. The predicted molar refractivity (Wildman–Crippen MR) is 70.0 cm³/mol. The van der Waals surface area contributed by atoms with Crippen molar-refractivity contribution in [3.63, 3.8) is 0 Å². The summed E-state index contributed by atoms with van der Waals surface area (Å²) in [5.41, 5.74) is 0.416. The summed E-state index contributed by atoms with van der Waals surface area (Å²) in [7, 11) is -3.99. The highest BCUT2D eigenvalue weighted by molar-refractivity contribution is 7.92. The van der Waals surface area contributed by atoms with Crippen molar-refractivity contribution in [1.82, 2.24) is 19.6 Å². The van der Waals surface area contributed by atoms with Gasteiger partial charge in [0.05, 0.1) is 0 Å². The first-order chi connectivity index (χ1) is 9.47. The van der Waals surface area contributed by atoms with Crippen LogP contribution in [0.25, 0.3) is 5.65 Å². The van der Waals surface area contributed by atoms with E-state index in [9.17, 15) is 8.42 Å². The van der Waals surface area contributed by atoms with Crippen LogP contribution < -0.4 is 4.72 Å². The van der Waals surface area contributed by atoms with Crippen molar-refractivity contribution in [2.45, 2.75) is 11.9 Å². The van der Waals surface area contributed by atoms with Crippen LogP contribution in [0.5, 0.6) is 0 Å². The minimum Gasteiger partial charge on any atom is -0.408 e. The molecule has 0 amide bonds. The molecule has 3 aromatic heterocycles. The molecule has 10 heteroatoms. The Bertz CT molecular complexity index is 885. The van der Waals surface area contributed by atoms with Crippen molar-refractivity contribution in [2.75, 3.05) is 4.72 Å². The van der Waals surface area contributed by atoms with E-state index < -0.39 is 10.0 Å². The van der Waals surface area contributed by atoms with Crippen molar-refractivity contribution >= 4 is 33.3 Å². The second-order valence-electron chi connectivity index (χ2n) is 3.87. The molecular formula is C10H8ClN5O3S. The van der Waals surface area contributed by atoms with E-state index in [2.05, 4.69) is 19.9 Å². The van der Waals surface area contributed by atoms with Crippen LogP contribution in [0.1, 0.15) is 5.89 Å². The summed E-state index contributed by atoms with van der Waals surface area (Å²) in [5.74, 6) is 0.243. The molecule has 104 valence electrons. The Morgan fingerprint density at radius 2 is 2.15 bits per heavy atom. The molecule has 0 aromatic carbocycles. The lowest BCUT2D eigenvalue weighted by Crippen LogP contribution is -2.15. The lowest BCUT2D eigenvalue weighted by atomic mass is 10.5. The molecule has 8 nitrogen and oxygen atoms in total. The third kappa shape index (κ3) is 2.10. The third-order valence-corrected chi connectivity index (χ3v) is 4.17. The normalized spacial score (nSPS) is 11.9. The van der Waals surface area contributed by atoms with Gasteiger partial charge in [-0.25, -0.2) is 9.71 Å². The number of hydrogen-bond acceptors (Lipinski definition) is 6. The highest BCUT2D eigenvalue weighted by Crippen LogP contribution is 2.24.